The van der Waals surface area contributed by atoms with Crippen molar-refractivity contribution in [2.45, 2.75) is 12.5 Å². The van der Waals surface area contributed by atoms with Crippen LogP contribution in [0.2, 0.25) is 10.0 Å². The molecule has 0 aliphatic carbocycles. The fourth-order valence-corrected chi connectivity index (χ4v) is 3.72. The first-order chi connectivity index (χ1) is 12.4. The molecular weight excluding hydrogens is 371 g/mol. The monoisotopic (exact) mass is 388 g/mol. The van der Waals surface area contributed by atoms with Gasteiger partial charge in [0, 0.05) is 18.0 Å². The van der Waals surface area contributed by atoms with Crippen LogP contribution >= 0.6 is 23.2 Å². The molecule has 26 heavy (non-hydrogen) atoms. The van der Waals surface area contributed by atoms with Gasteiger partial charge in [0.15, 0.2) is 0 Å². The molecule has 1 aromatic heterocycles. The SMILES string of the molecule is Cc1ccc(C2(NC(=O)c3cc4c(Cl)c(Cl)ccc4n3C)COC2)cc1. The van der Waals surface area contributed by atoms with Gasteiger partial charge in [-0.1, -0.05) is 53.0 Å². The summed E-state index contributed by atoms with van der Waals surface area (Å²) in [5.41, 5.74) is 3.11. The van der Waals surface area contributed by atoms with E-state index in [1.54, 1.807) is 12.1 Å². The van der Waals surface area contributed by atoms with E-state index in [2.05, 4.69) is 5.32 Å². The van der Waals surface area contributed by atoms with Crippen LogP contribution in [0.15, 0.2) is 42.5 Å². The minimum atomic E-state index is -0.497. The van der Waals surface area contributed by atoms with Gasteiger partial charge < -0.3 is 14.6 Å². The van der Waals surface area contributed by atoms with E-state index in [1.807, 2.05) is 48.9 Å². The van der Waals surface area contributed by atoms with Gasteiger partial charge in [-0.2, -0.15) is 0 Å². The molecule has 0 radical (unpaired) electrons. The summed E-state index contributed by atoms with van der Waals surface area (Å²) in [4.78, 5) is 13.0. The van der Waals surface area contributed by atoms with Crippen LogP contribution in [0.3, 0.4) is 0 Å². The summed E-state index contributed by atoms with van der Waals surface area (Å²) in [6.07, 6.45) is 0. The Bertz CT molecular complexity index is 1000. The molecule has 2 heterocycles. The number of nitrogens with one attached hydrogen (secondary N) is 1. The Morgan fingerprint density at radius 3 is 2.46 bits per heavy atom. The van der Waals surface area contributed by atoms with Crippen LogP contribution in [0.25, 0.3) is 10.9 Å². The first kappa shape index (κ1) is 17.4. The Kier molecular flexibility index (Phi) is 4.22. The molecule has 1 N–H and O–H groups in total. The van der Waals surface area contributed by atoms with Crippen LogP contribution in [-0.2, 0) is 17.3 Å². The zero-order valence-corrected chi connectivity index (χ0v) is 16.0. The van der Waals surface area contributed by atoms with Crippen LogP contribution in [0.5, 0.6) is 0 Å². The van der Waals surface area contributed by atoms with E-state index in [-0.39, 0.29) is 5.91 Å². The molecule has 1 aliphatic rings. The minimum Gasteiger partial charge on any atom is -0.376 e. The molecule has 4 rings (SSSR count). The van der Waals surface area contributed by atoms with Gasteiger partial charge in [-0.3, -0.25) is 4.79 Å². The second kappa shape index (κ2) is 6.31. The van der Waals surface area contributed by atoms with Crippen molar-refractivity contribution in [1.29, 1.82) is 0 Å². The molecule has 3 aromatic rings. The van der Waals surface area contributed by atoms with Crippen LogP contribution in [-0.4, -0.2) is 23.7 Å². The number of fused-ring (bicyclic) bond motifs is 1. The summed E-state index contributed by atoms with van der Waals surface area (Å²) in [6.45, 7) is 2.95. The molecule has 1 saturated heterocycles. The van der Waals surface area contributed by atoms with E-state index < -0.39 is 5.54 Å². The second-order valence-electron chi connectivity index (χ2n) is 6.78. The number of aromatic nitrogens is 1. The van der Waals surface area contributed by atoms with E-state index in [4.69, 9.17) is 27.9 Å². The molecule has 2 aromatic carbocycles. The molecule has 0 saturated carbocycles. The normalized spacial score (nSPS) is 15.7. The minimum absolute atomic E-state index is 0.167. The lowest BCUT2D eigenvalue weighted by Gasteiger charge is -2.42. The van der Waals surface area contributed by atoms with Crippen molar-refractivity contribution >= 4 is 40.0 Å². The third kappa shape index (κ3) is 2.69. The third-order valence-corrected chi connectivity index (χ3v) is 5.82. The van der Waals surface area contributed by atoms with Gasteiger partial charge >= 0.3 is 0 Å². The van der Waals surface area contributed by atoms with Gasteiger partial charge in [0.25, 0.3) is 5.91 Å². The van der Waals surface area contributed by atoms with Crippen LogP contribution < -0.4 is 5.32 Å². The Morgan fingerprint density at radius 2 is 1.85 bits per heavy atom. The van der Waals surface area contributed by atoms with Crippen molar-refractivity contribution in [1.82, 2.24) is 9.88 Å². The number of carbonyl (C=O) groups is 1. The number of benzene rings is 2. The molecule has 0 bridgehead atoms. The lowest BCUT2D eigenvalue weighted by molar-refractivity contribution is -0.0734. The highest BCUT2D eigenvalue weighted by Crippen LogP contribution is 2.34. The number of halogens is 2. The number of hydrogen-bond donors (Lipinski definition) is 1. The number of carbonyl (C=O) groups excluding carboxylic acids is 1. The molecule has 6 heteroatoms. The van der Waals surface area contributed by atoms with Crippen molar-refractivity contribution in [3.8, 4) is 0 Å². The predicted octanol–water partition coefficient (Wildman–Crippen LogP) is 4.45. The summed E-state index contributed by atoms with van der Waals surface area (Å²) in [5, 5.41) is 4.85. The van der Waals surface area contributed by atoms with Crippen LogP contribution in [0, 0.1) is 6.92 Å². The van der Waals surface area contributed by atoms with Crippen molar-refractivity contribution in [3.05, 3.63) is 69.3 Å². The lowest BCUT2D eigenvalue weighted by Crippen LogP contribution is -2.59. The molecule has 0 atom stereocenters. The predicted molar refractivity (Wildman–Crippen MR) is 104 cm³/mol. The second-order valence-corrected chi connectivity index (χ2v) is 7.56. The molecule has 1 amide bonds. The molecule has 1 aliphatic heterocycles. The molecule has 1 fully saturated rings. The quantitative estimate of drug-likeness (QED) is 0.719. The highest BCUT2D eigenvalue weighted by Gasteiger charge is 2.42. The van der Waals surface area contributed by atoms with E-state index in [9.17, 15) is 4.79 Å². The number of nitrogens with zero attached hydrogens (tertiary/aromatic N) is 1. The zero-order chi connectivity index (χ0) is 18.5. The molecule has 134 valence electrons. The van der Waals surface area contributed by atoms with Crippen molar-refractivity contribution in [2.24, 2.45) is 7.05 Å². The van der Waals surface area contributed by atoms with Gasteiger partial charge in [0.05, 0.1) is 23.3 Å². The average molecular weight is 389 g/mol. The number of hydrogen-bond acceptors (Lipinski definition) is 2. The lowest BCUT2D eigenvalue weighted by atomic mass is 9.87. The number of ether oxygens (including phenoxy) is 1. The highest BCUT2D eigenvalue weighted by atomic mass is 35.5. The molecule has 0 unspecified atom stereocenters. The van der Waals surface area contributed by atoms with Gasteiger partial charge in [0.2, 0.25) is 0 Å². The van der Waals surface area contributed by atoms with Crippen molar-refractivity contribution in [2.75, 3.05) is 13.2 Å². The standard InChI is InChI=1S/C20H18Cl2N2O2/c1-12-3-5-13(6-4-12)20(10-26-11-20)23-19(25)17-9-14-16(24(17)2)8-7-15(21)18(14)22/h3-9H,10-11H2,1-2H3,(H,23,25). The number of aryl methyl sites for hydroxylation is 2. The fourth-order valence-electron chi connectivity index (χ4n) is 3.34. The maximum Gasteiger partial charge on any atom is 0.268 e. The van der Waals surface area contributed by atoms with Gasteiger partial charge in [-0.15, -0.1) is 0 Å². The van der Waals surface area contributed by atoms with Crippen LogP contribution in [0.1, 0.15) is 21.6 Å². The fraction of sp³-hybridized carbons (Fsp3) is 0.250. The Labute approximate surface area is 161 Å². The van der Waals surface area contributed by atoms with E-state index >= 15 is 0 Å². The van der Waals surface area contributed by atoms with Gasteiger partial charge in [-0.25, -0.2) is 0 Å². The molecule has 0 spiro atoms. The van der Waals surface area contributed by atoms with Crippen molar-refractivity contribution < 1.29 is 9.53 Å². The zero-order valence-electron chi connectivity index (χ0n) is 14.5. The summed E-state index contributed by atoms with van der Waals surface area (Å²) in [6, 6.07) is 13.5. The van der Waals surface area contributed by atoms with Crippen molar-refractivity contribution in [3.63, 3.8) is 0 Å². The molecule has 4 nitrogen and oxygen atoms in total. The topological polar surface area (TPSA) is 43.3 Å². The maximum absolute atomic E-state index is 13.0. The first-order valence-electron chi connectivity index (χ1n) is 8.32. The van der Waals surface area contributed by atoms with E-state index in [0.717, 1.165) is 16.5 Å². The maximum atomic E-state index is 13.0. The Morgan fingerprint density at radius 1 is 1.15 bits per heavy atom. The molecular formula is C20H18Cl2N2O2. The van der Waals surface area contributed by atoms with Gasteiger partial charge in [-0.05, 0) is 30.7 Å². The summed E-state index contributed by atoms with van der Waals surface area (Å²) in [5.74, 6) is -0.167. The highest BCUT2D eigenvalue weighted by molar-refractivity contribution is 6.45. The summed E-state index contributed by atoms with van der Waals surface area (Å²) < 4.78 is 7.25. The van der Waals surface area contributed by atoms with E-state index in [0.29, 0.717) is 29.0 Å². The van der Waals surface area contributed by atoms with Crippen LogP contribution in [0.4, 0.5) is 0 Å². The van der Waals surface area contributed by atoms with Gasteiger partial charge in [0.1, 0.15) is 11.2 Å². The Balaban J connectivity index is 1.70. The summed E-state index contributed by atoms with van der Waals surface area (Å²) in [7, 11) is 1.84. The first-order valence-corrected chi connectivity index (χ1v) is 9.08. The average Bonchev–Trinajstić information content (AvgIpc) is 2.93. The van der Waals surface area contributed by atoms with E-state index in [1.165, 1.54) is 5.56 Å². The Hall–Kier alpha value is -2.01. The number of rotatable bonds is 3. The number of amides is 1. The smallest absolute Gasteiger partial charge is 0.268 e. The third-order valence-electron chi connectivity index (χ3n) is 5.00. The largest absolute Gasteiger partial charge is 0.376 e. The summed E-state index contributed by atoms with van der Waals surface area (Å²) >= 11 is 12.4.